The number of hydrogen-bond donors (Lipinski definition) is 4. The van der Waals surface area contributed by atoms with Gasteiger partial charge in [-0.15, -0.1) is 0 Å². The van der Waals surface area contributed by atoms with Crippen LogP contribution < -0.4 is 16.2 Å². The zero-order valence-corrected chi connectivity index (χ0v) is 12.9. The van der Waals surface area contributed by atoms with Gasteiger partial charge in [0.25, 0.3) is 0 Å². The lowest BCUT2D eigenvalue weighted by atomic mass is 10.1. The Balaban J connectivity index is 0.000000547. The number of aromatic nitrogens is 1. The SMILES string of the molecule is CC(O)(CN)C(F)(F)F.COc1nc(C(=O)O)c(N)cc1C(F)(F)F. The maximum atomic E-state index is 12.4. The van der Waals surface area contributed by atoms with Crippen LogP contribution in [0.5, 0.6) is 5.88 Å². The third kappa shape index (κ3) is 5.94. The van der Waals surface area contributed by atoms with E-state index in [9.17, 15) is 31.1 Å². The number of methoxy groups -OCH3 is 1. The van der Waals surface area contributed by atoms with Gasteiger partial charge in [0.15, 0.2) is 11.3 Å². The Kier molecular flexibility index (Phi) is 7.03. The zero-order valence-electron chi connectivity index (χ0n) is 12.9. The normalized spacial score (nSPS) is 14.2. The molecule has 0 radical (unpaired) electrons. The van der Waals surface area contributed by atoms with Crippen LogP contribution in [-0.2, 0) is 6.18 Å². The molecule has 0 saturated carbocycles. The number of alkyl halides is 6. The van der Waals surface area contributed by atoms with Crippen molar-refractivity contribution < 1.29 is 46.1 Å². The summed E-state index contributed by atoms with van der Waals surface area (Å²) in [6.07, 6.45) is -9.33. The molecule has 13 heteroatoms. The van der Waals surface area contributed by atoms with E-state index in [0.717, 1.165) is 7.11 Å². The maximum absolute atomic E-state index is 12.4. The Labute approximate surface area is 137 Å². The third-order valence-electron chi connectivity index (χ3n) is 2.73. The molecule has 0 spiro atoms. The average Bonchev–Trinajstić information content (AvgIpc) is 2.45. The van der Waals surface area contributed by atoms with Crippen LogP contribution in [0.2, 0.25) is 0 Å². The summed E-state index contributed by atoms with van der Waals surface area (Å²) >= 11 is 0. The van der Waals surface area contributed by atoms with Gasteiger partial charge in [0.05, 0.1) is 12.8 Å². The molecule has 1 rings (SSSR count). The predicted octanol–water partition coefficient (Wildman–Crippen LogP) is 1.65. The summed E-state index contributed by atoms with van der Waals surface area (Å²) < 4.78 is 76.2. The lowest BCUT2D eigenvalue weighted by molar-refractivity contribution is -0.248. The summed E-state index contributed by atoms with van der Waals surface area (Å²) in [6, 6.07) is 0.481. The molecule has 1 heterocycles. The molecule has 1 atom stereocenters. The van der Waals surface area contributed by atoms with E-state index in [2.05, 4.69) is 15.5 Å². The summed E-state index contributed by atoms with van der Waals surface area (Å²) in [5.74, 6) is -2.34. The molecule has 144 valence electrons. The first-order valence-electron chi connectivity index (χ1n) is 6.22. The van der Waals surface area contributed by atoms with Crippen molar-refractivity contribution in [3.05, 3.63) is 17.3 Å². The van der Waals surface area contributed by atoms with E-state index in [4.69, 9.17) is 15.9 Å². The fourth-order valence-corrected chi connectivity index (χ4v) is 1.16. The second-order valence-electron chi connectivity index (χ2n) is 4.76. The number of nitrogens with zero attached hydrogens (tertiary/aromatic N) is 1. The second kappa shape index (κ2) is 7.74. The molecule has 0 amide bonds. The van der Waals surface area contributed by atoms with Gasteiger partial charge in [0.1, 0.15) is 5.56 Å². The number of rotatable bonds is 3. The molecule has 0 bridgehead atoms. The molecular weight excluding hydrogens is 364 g/mol. The first kappa shape index (κ1) is 22.7. The van der Waals surface area contributed by atoms with Gasteiger partial charge in [-0.3, -0.25) is 0 Å². The minimum absolute atomic E-state index is 0.481. The number of aromatic carboxylic acids is 1. The number of pyridine rings is 1. The highest BCUT2D eigenvalue weighted by Crippen LogP contribution is 2.36. The molecule has 6 N–H and O–H groups in total. The van der Waals surface area contributed by atoms with Gasteiger partial charge < -0.3 is 26.4 Å². The number of carbonyl (C=O) groups is 1. The summed E-state index contributed by atoms with van der Waals surface area (Å²) in [5, 5.41) is 17.0. The van der Waals surface area contributed by atoms with Crippen LogP contribution in [0.1, 0.15) is 23.0 Å². The van der Waals surface area contributed by atoms with Gasteiger partial charge in [0, 0.05) is 6.54 Å². The molecule has 1 aromatic heterocycles. The molecule has 0 aromatic carbocycles. The number of carboxylic acid groups (broad SMARTS) is 1. The molecular formula is C12H15F6N3O4. The van der Waals surface area contributed by atoms with Crippen molar-refractivity contribution in [3.8, 4) is 5.88 Å². The standard InChI is InChI=1S/C8H7F3N2O3.C4H8F3NO/c1-16-6-3(8(9,10)11)2-4(12)5(13-6)7(14)15;1-3(9,2-8)4(5,6)7/h2H,12H2,1H3,(H,14,15);9H,2,8H2,1H3. The van der Waals surface area contributed by atoms with Crippen LogP contribution in [0.4, 0.5) is 32.0 Å². The van der Waals surface area contributed by atoms with Crippen LogP contribution in [0.15, 0.2) is 6.07 Å². The number of halogens is 6. The van der Waals surface area contributed by atoms with Gasteiger partial charge in [-0.1, -0.05) is 0 Å². The molecule has 0 aliphatic carbocycles. The third-order valence-corrected chi connectivity index (χ3v) is 2.73. The minimum atomic E-state index is -4.70. The van der Waals surface area contributed by atoms with Gasteiger partial charge in [-0.2, -0.15) is 26.3 Å². The van der Waals surface area contributed by atoms with Gasteiger partial charge in [-0.25, -0.2) is 9.78 Å². The average molecular weight is 379 g/mol. The van der Waals surface area contributed by atoms with Crippen LogP contribution in [0.25, 0.3) is 0 Å². The van der Waals surface area contributed by atoms with Gasteiger partial charge >= 0.3 is 18.3 Å². The molecule has 0 aliphatic rings. The number of aliphatic hydroxyl groups is 1. The lowest BCUT2D eigenvalue weighted by Crippen LogP contribution is -2.48. The van der Waals surface area contributed by atoms with E-state index < -0.39 is 53.3 Å². The summed E-state index contributed by atoms with van der Waals surface area (Å²) in [6.45, 7) is -0.177. The zero-order chi connectivity index (χ0) is 20.2. The number of carboxylic acids is 1. The summed E-state index contributed by atoms with van der Waals surface area (Å²) in [4.78, 5) is 13.8. The Morgan fingerprint density at radius 3 is 2.00 bits per heavy atom. The van der Waals surface area contributed by atoms with Crippen molar-refractivity contribution in [2.24, 2.45) is 5.73 Å². The number of hydrogen-bond acceptors (Lipinski definition) is 6. The van der Waals surface area contributed by atoms with E-state index >= 15 is 0 Å². The predicted molar refractivity (Wildman–Crippen MR) is 72.9 cm³/mol. The van der Waals surface area contributed by atoms with E-state index in [1.165, 1.54) is 0 Å². The molecule has 0 fully saturated rings. The van der Waals surface area contributed by atoms with Crippen LogP contribution in [0, 0.1) is 0 Å². The molecule has 7 nitrogen and oxygen atoms in total. The Hall–Kier alpha value is -2.28. The van der Waals surface area contributed by atoms with Crippen molar-refractivity contribution in [1.29, 1.82) is 0 Å². The highest BCUT2D eigenvalue weighted by Gasteiger charge is 2.48. The fraction of sp³-hybridized carbons (Fsp3) is 0.500. The Bertz CT molecular complexity index is 616. The summed E-state index contributed by atoms with van der Waals surface area (Å²) in [7, 11) is 0.958. The van der Waals surface area contributed by atoms with Crippen LogP contribution in [-0.4, -0.2) is 46.6 Å². The van der Waals surface area contributed by atoms with E-state index in [1.807, 2.05) is 0 Å². The number of anilines is 1. The first-order valence-corrected chi connectivity index (χ1v) is 6.22. The van der Waals surface area contributed by atoms with Crippen LogP contribution in [0.3, 0.4) is 0 Å². The molecule has 0 aliphatic heterocycles. The first-order chi connectivity index (χ1) is 11.1. The number of nitrogens with two attached hydrogens (primary N) is 2. The summed E-state index contributed by atoms with van der Waals surface area (Å²) in [5.41, 5.74) is 4.57. The highest BCUT2D eigenvalue weighted by molar-refractivity contribution is 5.91. The molecule has 1 aromatic rings. The highest BCUT2D eigenvalue weighted by atomic mass is 19.4. The molecule has 1 unspecified atom stereocenters. The Morgan fingerprint density at radius 1 is 1.28 bits per heavy atom. The number of nitrogen functional groups attached to an aromatic ring is 1. The number of ether oxygens (including phenoxy) is 1. The van der Waals surface area contributed by atoms with Gasteiger partial charge in [0.2, 0.25) is 5.88 Å². The lowest BCUT2D eigenvalue weighted by Gasteiger charge is -2.23. The smallest absolute Gasteiger partial charge is 0.421 e. The van der Waals surface area contributed by atoms with Crippen molar-refractivity contribution in [2.45, 2.75) is 24.9 Å². The van der Waals surface area contributed by atoms with Crippen LogP contribution >= 0.6 is 0 Å². The maximum Gasteiger partial charge on any atom is 0.421 e. The van der Waals surface area contributed by atoms with Crippen molar-refractivity contribution in [3.63, 3.8) is 0 Å². The molecule has 0 saturated heterocycles. The van der Waals surface area contributed by atoms with Crippen molar-refractivity contribution in [1.82, 2.24) is 4.98 Å². The molecule has 25 heavy (non-hydrogen) atoms. The minimum Gasteiger partial charge on any atom is -0.481 e. The quantitative estimate of drug-likeness (QED) is 0.587. The monoisotopic (exact) mass is 379 g/mol. The topological polar surface area (TPSA) is 132 Å². The fourth-order valence-electron chi connectivity index (χ4n) is 1.16. The van der Waals surface area contributed by atoms with Crippen molar-refractivity contribution in [2.75, 3.05) is 19.4 Å². The van der Waals surface area contributed by atoms with Gasteiger partial charge in [-0.05, 0) is 13.0 Å². The van der Waals surface area contributed by atoms with E-state index in [-0.39, 0.29) is 0 Å². The Morgan fingerprint density at radius 2 is 1.76 bits per heavy atom. The van der Waals surface area contributed by atoms with E-state index in [1.54, 1.807) is 0 Å². The largest absolute Gasteiger partial charge is 0.481 e. The van der Waals surface area contributed by atoms with Crippen molar-refractivity contribution >= 4 is 11.7 Å². The van der Waals surface area contributed by atoms with E-state index in [0.29, 0.717) is 13.0 Å². The second-order valence-corrected chi connectivity index (χ2v) is 4.76.